The van der Waals surface area contributed by atoms with Crippen molar-refractivity contribution in [1.82, 2.24) is 14.5 Å². The number of sulfonamides is 1. The zero-order chi connectivity index (χ0) is 19.4. The lowest BCUT2D eigenvalue weighted by Crippen LogP contribution is -2.30. The molecule has 0 bridgehead atoms. The van der Waals surface area contributed by atoms with Gasteiger partial charge in [-0.15, -0.1) is 10.2 Å². The summed E-state index contributed by atoms with van der Waals surface area (Å²) in [4.78, 5) is 0.0863. The normalized spacial score (nSPS) is 12.7. The standard InChI is InChI=1S/C15H18F3N3O3S2/c1-3-21(4-2)26(22,23)12-7-5-6-11(10-12)13-19-20-14(24-13)25-9-8-15(16,17)18/h5-7,10H,3-4,8-9H2,1-2H3. The van der Waals surface area contributed by atoms with E-state index in [1.807, 2.05) is 0 Å². The van der Waals surface area contributed by atoms with Gasteiger partial charge in [0.1, 0.15) is 0 Å². The zero-order valence-electron chi connectivity index (χ0n) is 14.2. The van der Waals surface area contributed by atoms with E-state index >= 15 is 0 Å². The van der Waals surface area contributed by atoms with Gasteiger partial charge in [-0.05, 0) is 18.2 Å². The van der Waals surface area contributed by atoms with Crippen molar-refractivity contribution in [2.45, 2.75) is 36.6 Å². The Morgan fingerprint density at radius 1 is 1.19 bits per heavy atom. The maximum absolute atomic E-state index is 12.6. The molecule has 1 aromatic carbocycles. The third-order valence-electron chi connectivity index (χ3n) is 3.44. The SMILES string of the molecule is CCN(CC)S(=O)(=O)c1cccc(-c2nnc(SCCC(F)(F)F)o2)c1. The first kappa shape index (κ1) is 20.7. The van der Waals surface area contributed by atoms with Crippen molar-refractivity contribution < 1.29 is 26.0 Å². The van der Waals surface area contributed by atoms with Gasteiger partial charge in [0.25, 0.3) is 5.22 Å². The second-order valence-corrected chi connectivity index (χ2v) is 8.19. The van der Waals surface area contributed by atoms with Gasteiger partial charge in [-0.1, -0.05) is 31.7 Å². The quantitative estimate of drug-likeness (QED) is 0.617. The van der Waals surface area contributed by atoms with E-state index in [1.54, 1.807) is 26.0 Å². The molecule has 0 saturated heterocycles. The van der Waals surface area contributed by atoms with Gasteiger partial charge in [-0.25, -0.2) is 8.42 Å². The minimum atomic E-state index is -4.25. The van der Waals surface area contributed by atoms with Crippen LogP contribution < -0.4 is 0 Å². The second-order valence-electron chi connectivity index (χ2n) is 5.20. The van der Waals surface area contributed by atoms with Crippen molar-refractivity contribution in [3.8, 4) is 11.5 Å². The molecule has 144 valence electrons. The minimum Gasteiger partial charge on any atom is -0.411 e. The van der Waals surface area contributed by atoms with Crippen molar-refractivity contribution in [2.75, 3.05) is 18.8 Å². The van der Waals surface area contributed by atoms with Crippen LogP contribution in [0.2, 0.25) is 0 Å². The summed E-state index contributed by atoms with van der Waals surface area (Å²) in [5, 5.41) is 7.47. The van der Waals surface area contributed by atoms with Crippen LogP contribution in [0.1, 0.15) is 20.3 Å². The summed E-state index contributed by atoms with van der Waals surface area (Å²) in [5.41, 5.74) is 0.383. The fraction of sp³-hybridized carbons (Fsp3) is 0.467. The van der Waals surface area contributed by atoms with Crippen LogP contribution in [0.25, 0.3) is 11.5 Å². The molecule has 6 nitrogen and oxygen atoms in total. The molecule has 0 radical (unpaired) electrons. The molecule has 26 heavy (non-hydrogen) atoms. The Balaban J connectivity index is 2.18. The third-order valence-corrected chi connectivity index (χ3v) is 6.31. The molecule has 2 aromatic rings. The molecule has 1 heterocycles. The Labute approximate surface area is 153 Å². The van der Waals surface area contributed by atoms with E-state index in [0.717, 1.165) is 11.8 Å². The Bertz CT molecular complexity index is 834. The second kappa shape index (κ2) is 8.40. The molecule has 2 rings (SSSR count). The first-order valence-electron chi connectivity index (χ1n) is 7.81. The van der Waals surface area contributed by atoms with Gasteiger partial charge in [-0.2, -0.15) is 17.5 Å². The van der Waals surface area contributed by atoms with Crippen LogP contribution in [0.3, 0.4) is 0 Å². The van der Waals surface area contributed by atoms with E-state index in [0.29, 0.717) is 18.7 Å². The molecular weight excluding hydrogens is 391 g/mol. The van der Waals surface area contributed by atoms with Gasteiger partial charge in [0.2, 0.25) is 15.9 Å². The monoisotopic (exact) mass is 409 g/mol. The Morgan fingerprint density at radius 2 is 1.88 bits per heavy atom. The summed E-state index contributed by atoms with van der Waals surface area (Å²) < 4.78 is 68.3. The summed E-state index contributed by atoms with van der Waals surface area (Å²) in [5.74, 6) is -0.183. The third kappa shape index (κ3) is 5.21. The summed E-state index contributed by atoms with van der Waals surface area (Å²) >= 11 is 0.798. The average Bonchev–Trinajstić information content (AvgIpc) is 3.03. The van der Waals surface area contributed by atoms with Crippen LogP contribution in [-0.4, -0.2) is 47.9 Å². The van der Waals surface area contributed by atoms with Gasteiger partial charge < -0.3 is 4.42 Å². The summed E-state index contributed by atoms with van der Waals surface area (Å²) in [6.07, 6.45) is -5.21. The van der Waals surface area contributed by atoms with Crippen LogP contribution in [0.15, 0.2) is 38.8 Å². The largest absolute Gasteiger partial charge is 0.411 e. The van der Waals surface area contributed by atoms with Gasteiger partial charge in [0, 0.05) is 24.4 Å². The van der Waals surface area contributed by atoms with Crippen molar-refractivity contribution >= 4 is 21.8 Å². The molecule has 0 atom stereocenters. The lowest BCUT2D eigenvalue weighted by Gasteiger charge is -2.18. The molecule has 11 heteroatoms. The summed E-state index contributed by atoms with van der Waals surface area (Å²) in [6.45, 7) is 4.16. The highest BCUT2D eigenvalue weighted by Gasteiger charge is 2.27. The fourth-order valence-electron chi connectivity index (χ4n) is 2.14. The maximum Gasteiger partial charge on any atom is 0.389 e. The molecule has 0 N–H and O–H groups in total. The predicted molar refractivity (Wildman–Crippen MR) is 91.2 cm³/mol. The van der Waals surface area contributed by atoms with Crippen molar-refractivity contribution in [1.29, 1.82) is 0 Å². The van der Waals surface area contributed by atoms with Crippen LogP contribution in [0.4, 0.5) is 13.2 Å². The van der Waals surface area contributed by atoms with E-state index in [-0.39, 0.29) is 21.8 Å². The summed E-state index contributed by atoms with van der Waals surface area (Å²) in [7, 11) is -3.64. The topological polar surface area (TPSA) is 76.3 Å². The number of hydrogen-bond donors (Lipinski definition) is 0. The molecule has 1 aromatic heterocycles. The lowest BCUT2D eigenvalue weighted by atomic mass is 10.2. The number of thioether (sulfide) groups is 1. The minimum absolute atomic E-state index is 0.00116. The number of aromatic nitrogens is 2. The molecule has 0 aliphatic heterocycles. The predicted octanol–water partition coefficient (Wildman–Crippen LogP) is 3.81. The van der Waals surface area contributed by atoms with Crippen LogP contribution in [0.5, 0.6) is 0 Å². The van der Waals surface area contributed by atoms with Gasteiger partial charge in [0.05, 0.1) is 11.3 Å². The molecule has 0 fully saturated rings. The Hall–Kier alpha value is -1.59. The van der Waals surface area contributed by atoms with E-state index in [4.69, 9.17) is 4.42 Å². The number of benzene rings is 1. The summed E-state index contributed by atoms with van der Waals surface area (Å²) in [6, 6.07) is 6.02. The van der Waals surface area contributed by atoms with Gasteiger partial charge >= 0.3 is 6.18 Å². The van der Waals surface area contributed by atoms with Crippen LogP contribution >= 0.6 is 11.8 Å². The lowest BCUT2D eigenvalue weighted by molar-refractivity contribution is -0.129. The highest BCUT2D eigenvalue weighted by molar-refractivity contribution is 7.99. The smallest absolute Gasteiger partial charge is 0.389 e. The first-order valence-corrected chi connectivity index (χ1v) is 10.2. The Morgan fingerprint density at radius 3 is 2.50 bits per heavy atom. The highest BCUT2D eigenvalue weighted by Crippen LogP contribution is 2.28. The van der Waals surface area contributed by atoms with Gasteiger partial charge in [-0.3, -0.25) is 0 Å². The van der Waals surface area contributed by atoms with Crippen molar-refractivity contribution in [3.63, 3.8) is 0 Å². The molecular formula is C15H18F3N3O3S2. The van der Waals surface area contributed by atoms with E-state index < -0.39 is 22.6 Å². The molecule has 0 unspecified atom stereocenters. The maximum atomic E-state index is 12.6. The molecule has 0 aliphatic carbocycles. The number of hydrogen-bond acceptors (Lipinski definition) is 6. The molecule has 0 aliphatic rings. The number of rotatable bonds is 8. The van der Waals surface area contributed by atoms with E-state index in [2.05, 4.69) is 10.2 Å². The van der Waals surface area contributed by atoms with Gasteiger partial charge in [0.15, 0.2) is 0 Å². The van der Waals surface area contributed by atoms with E-state index in [1.165, 1.54) is 16.4 Å². The average molecular weight is 409 g/mol. The Kier molecular flexibility index (Phi) is 6.69. The van der Waals surface area contributed by atoms with E-state index in [9.17, 15) is 21.6 Å². The molecule has 0 spiro atoms. The fourth-order valence-corrected chi connectivity index (χ4v) is 4.39. The number of nitrogens with zero attached hydrogens (tertiary/aromatic N) is 3. The van der Waals surface area contributed by atoms with Crippen molar-refractivity contribution in [2.24, 2.45) is 0 Å². The highest BCUT2D eigenvalue weighted by atomic mass is 32.2. The van der Waals surface area contributed by atoms with Crippen LogP contribution in [0, 0.1) is 0 Å². The number of alkyl halides is 3. The van der Waals surface area contributed by atoms with Crippen molar-refractivity contribution in [3.05, 3.63) is 24.3 Å². The van der Waals surface area contributed by atoms with Crippen LogP contribution in [-0.2, 0) is 10.0 Å². The molecule has 0 saturated carbocycles. The molecule has 0 amide bonds. The first-order chi connectivity index (χ1) is 12.2. The number of halogens is 3. The zero-order valence-corrected chi connectivity index (χ0v) is 15.8.